The number of hydrogen-bond donors (Lipinski definition) is 0. The lowest BCUT2D eigenvalue weighted by molar-refractivity contribution is -0.129. The van der Waals surface area contributed by atoms with E-state index in [4.69, 9.17) is 0 Å². The molecule has 0 saturated carbocycles. The maximum atomic E-state index is 12.4. The molecule has 0 bridgehead atoms. The largest absolute Gasteiger partial charge is 0.439 e. The first kappa shape index (κ1) is 13.2. The Morgan fingerprint density at radius 1 is 1.27 bits per heavy atom. The average molecular weight is 317 g/mol. The summed E-state index contributed by atoms with van der Waals surface area (Å²) in [5, 5.41) is 0.426. The molecule has 0 N–H and O–H groups in total. The molecule has 0 spiro atoms. The van der Waals surface area contributed by atoms with E-state index in [1.165, 1.54) is 11.3 Å². The van der Waals surface area contributed by atoms with Gasteiger partial charge in [0.15, 0.2) is 11.6 Å². The van der Waals surface area contributed by atoms with E-state index in [9.17, 15) is 14.4 Å². The van der Waals surface area contributed by atoms with Crippen molar-refractivity contribution in [2.75, 3.05) is 19.7 Å². The number of likely N-dealkylation sites (tertiary alicyclic amines) is 1. The van der Waals surface area contributed by atoms with Gasteiger partial charge in [-0.15, -0.1) is 11.3 Å². The fourth-order valence-electron chi connectivity index (χ4n) is 2.60. The van der Waals surface area contributed by atoms with Gasteiger partial charge in [-0.25, -0.2) is 14.7 Å². The summed E-state index contributed by atoms with van der Waals surface area (Å²) < 4.78 is 5.64. The van der Waals surface area contributed by atoms with Crippen molar-refractivity contribution in [3.8, 4) is 0 Å². The molecule has 1 aromatic carbocycles. The van der Waals surface area contributed by atoms with Crippen LogP contribution in [0.15, 0.2) is 24.3 Å². The fraction of sp³-hybridized carbons (Fsp3) is 0.286. The molecule has 7 nitrogen and oxygen atoms in total. The molecule has 2 aliphatic heterocycles. The molecule has 0 unspecified atom stereocenters. The van der Waals surface area contributed by atoms with Crippen molar-refractivity contribution < 1.29 is 19.1 Å². The molecule has 2 aromatic rings. The lowest BCUT2D eigenvalue weighted by Crippen LogP contribution is -2.62. The highest BCUT2D eigenvalue weighted by Crippen LogP contribution is 2.26. The van der Waals surface area contributed by atoms with Crippen LogP contribution in [0.3, 0.4) is 0 Å². The van der Waals surface area contributed by atoms with Crippen LogP contribution in [0.4, 0.5) is 4.79 Å². The van der Waals surface area contributed by atoms with E-state index < -0.39 is 6.09 Å². The fourth-order valence-corrected chi connectivity index (χ4v) is 3.53. The maximum absolute atomic E-state index is 12.4. The van der Waals surface area contributed by atoms with E-state index in [-0.39, 0.29) is 24.5 Å². The molecule has 4 rings (SSSR count). The van der Waals surface area contributed by atoms with Crippen LogP contribution in [0.2, 0.25) is 0 Å². The molecular weight excluding hydrogens is 306 g/mol. The zero-order valence-corrected chi connectivity index (χ0v) is 12.2. The predicted octanol–water partition coefficient (Wildman–Crippen LogP) is 1.10. The van der Waals surface area contributed by atoms with E-state index in [1.54, 1.807) is 4.90 Å². The lowest BCUT2D eigenvalue weighted by Gasteiger charge is -2.41. The number of hydrogen-bond acceptors (Lipinski definition) is 6. The van der Waals surface area contributed by atoms with Crippen LogP contribution in [0.25, 0.3) is 10.2 Å². The number of benzene rings is 1. The third-order valence-corrected chi connectivity index (χ3v) is 4.80. The van der Waals surface area contributed by atoms with Gasteiger partial charge in [0.25, 0.3) is 11.8 Å². The molecule has 112 valence electrons. The molecule has 2 saturated heterocycles. The average Bonchev–Trinajstić information content (AvgIpc) is 3.03. The summed E-state index contributed by atoms with van der Waals surface area (Å²) in [4.78, 5) is 42.4. The minimum absolute atomic E-state index is 0.169. The summed E-state index contributed by atoms with van der Waals surface area (Å²) >= 11 is 1.34. The van der Waals surface area contributed by atoms with Gasteiger partial charge in [0, 0.05) is 13.1 Å². The smallest absolute Gasteiger partial charge is 0.417 e. The number of cyclic esters (lactones) is 1. The molecular formula is C14H11N3O4S. The zero-order valence-electron chi connectivity index (χ0n) is 11.4. The monoisotopic (exact) mass is 317 g/mol. The highest BCUT2D eigenvalue weighted by Gasteiger charge is 2.44. The van der Waals surface area contributed by atoms with E-state index in [0.29, 0.717) is 18.1 Å². The van der Waals surface area contributed by atoms with Gasteiger partial charge >= 0.3 is 6.09 Å². The van der Waals surface area contributed by atoms with Crippen molar-refractivity contribution >= 4 is 39.5 Å². The normalized spacial score (nSPS) is 18.7. The summed E-state index contributed by atoms with van der Waals surface area (Å²) in [7, 11) is 0. The Morgan fingerprint density at radius 3 is 2.73 bits per heavy atom. The Kier molecular flexibility index (Phi) is 2.86. The summed E-state index contributed by atoms with van der Waals surface area (Å²) in [6.45, 7) is 0.451. The van der Waals surface area contributed by atoms with Crippen molar-refractivity contribution in [1.29, 1.82) is 0 Å². The highest BCUT2D eigenvalue weighted by molar-refractivity contribution is 7.20. The molecule has 8 heteroatoms. The summed E-state index contributed by atoms with van der Waals surface area (Å²) in [6.07, 6.45) is -0.623. The number of carbonyl (C=O) groups excluding carboxylic acids is 3. The van der Waals surface area contributed by atoms with Gasteiger partial charge in [0.05, 0.1) is 16.3 Å². The second-order valence-electron chi connectivity index (χ2n) is 5.17. The van der Waals surface area contributed by atoms with Gasteiger partial charge in [-0.2, -0.15) is 0 Å². The molecule has 0 atom stereocenters. The number of amides is 3. The first-order valence-corrected chi connectivity index (χ1v) is 7.59. The zero-order chi connectivity index (χ0) is 15.3. The first-order valence-electron chi connectivity index (χ1n) is 6.77. The molecule has 2 aliphatic rings. The number of rotatable bonds is 2. The van der Waals surface area contributed by atoms with Crippen LogP contribution < -0.4 is 0 Å². The predicted molar refractivity (Wildman–Crippen MR) is 77.5 cm³/mol. The third-order valence-electron chi connectivity index (χ3n) is 3.78. The molecule has 1 aromatic heterocycles. The molecule has 3 heterocycles. The molecule has 22 heavy (non-hydrogen) atoms. The number of nitrogens with zero attached hydrogens (tertiary/aromatic N) is 3. The van der Waals surface area contributed by atoms with E-state index in [2.05, 4.69) is 9.72 Å². The van der Waals surface area contributed by atoms with Crippen molar-refractivity contribution in [3.63, 3.8) is 0 Å². The first-order chi connectivity index (χ1) is 10.6. The highest BCUT2D eigenvalue weighted by atomic mass is 32.1. The minimum Gasteiger partial charge on any atom is -0.439 e. The number of thiazole rings is 1. The van der Waals surface area contributed by atoms with Crippen LogP contribution in [0, 0.1) is 0 Å². The maximum Gasteiger partial charge on any atom is 0.417 e. The number of carbonyl (C=O) groups is 3. The standard InChI is InChI=1S/C14H11N3O4S/c18-11-7-21-14(20)17(11)8-5-16(6-8)13(19)12-15-9-3-1-2-4-10(9)22-12/h1-4,8H,5-7H2. The number of imide groups is 1. The van der Waals surface area contributed by atoms with E-state index >= 15 is 0 Å². The van der Waals surface area contributed by atoms with Crippen LogP contribution >= 0.6 is 11.3 Å². The van der Waals surface area contributed by atoms with Crippen LogP contribution in [-0.2, 0) is 9.53 Å². The van der Waals surface area contributed by atoms with Gasteiger partial charge in [-0.3, -0.25) is 9.59 Å². The summed E-state index contributed by atoms with van der Waals surface area (Å²) in [6, 6.07) is 7.27. The lowest BCUT2D eigenvalue weighted by atomic mass is 10.1. The molecule has 0 aliphatic carbocycles. The molecule has 0 radical (unpaired) electrons. The number of aromatic nitrogens is 1. The Hall–Kier alpha value is -2.48. The van der Waals surface area contributed by atoms with Crippen molar-refractivity contribution in [1.82, 2.24) is 14.8 Å². The van der Waals surface area contributed by atoms with Crippen LogP contribution in [0.5, 0.6) is 0 Å². The Balaban J connectivity index is 1.47. The van der Waals surface area contributed by atoms with Crippen LogP contribution in [0.1, 0.15) is 9.80 Å². The Labute approximate surface area is 129 Å². The summed E-state index contributed by atoms with van der Waals surface area (Å²) in [5.41, 5.74) is 0.797. The molecule has 3 amide bonds. The second-order valence-corrected chi connectivity index (χ2v) is 6.20. The summed E-state index contributed by atoms with van der Waals surface area (Å²) in [5.74, 6) is -0.514. The second kappa shape index (κ2) is 4.77. The van der Waals surface area contributed by atoms with E-state index in [1.807, 2.05) is 24.3 Å². The van der Waals surface area contributed by atoms with Gasteiger partial charge in [0.1, 0.15) is 0 Å². The van der Waals surface area contributed by atoms with Gasteiger partial charge in [0.2, 0.25) is 0 Å². The topological polar surface area (TPSA) is 79.8 Å². The number of fused-ring (bicyclic) bond motifs is 1. The van der Waals surface area contributed by atoms with E-state index in [0.717, 1.165) is 15.1 Å². The van der Waals surface area contributed by atoms with Crippen molar-refractivity contribution in [2.45, 2.75) is 6.04 Å². The van der Waals surface area contributed by atoms with Crippen molar-refractivity contribution in [2.24, 2.45) is 0 Å². The van der Waals surface area contributed by atoms with Gasteiger partial charge < -0.3 is 9.64 Å². The van der Waals surface area contributed by atoms with Gasteiger partial charge in [-0.1, -0.05) is 12.1 Å². The third kappa shape index (κ3) is 1.95. The minimum atomic E-state index is -0.623. The number of para-hydroxylation sites is 1. The van der Waals surface area contributed by atoms with Crippen molar-refractivity contribution in [3.05, 3.63) is 29.3 Å². The SMILES string of the molecule is O=C(c1nc2ccccc2s1)N1CC(N2C(=O)COC2=O)C1. The van der Waals surface area contributed by atoms with Gasteiger partial charge in [-0.05, 0) is 12.1 Å². The number of ether oxygens (including phenoxy) is 1. The molecule has 2 fully saturated rings. The Bertz CT molecular complexity index is 747. The quantitative estimate of drug-likeness (QED) is 0.828. The Morgan fingerprint density at radius 2 is 2.05 bits per heavy atom. The van der Waals surface area contributed by atoms with Crippen LogP contribution in [-0.4, -0.2) is 58.4 Å².